The van der Waals surface area contributed by atoms with E-state index < -0.39 is 5.97 Å². The number of rotatable bonds is 5. The molecule has 3 heterocycles. The number of amides is 1. The number of ether oxygens (including phenoxy) is 1. The van der Waals surface area contributed by atoms with Gasteiger partial charge in [0.25, 0.3) is 0 Å². The molecule has 0 aromatic carbocycles. The van der Waals surface area contributed by atoms with Crippen molar-refractivity contribution in [1.29, 1.82) is 0 Å². The molecule has 2 aliphatic heterocycles. The van der Waals surface area contributed by atoms with Crippen LogP contribution in [0.3, 0.4) is 0 Å². The first kappa shape index (κ1) is 17.5. The van der Waals surface area contributed by atoms with Gasteiger partial charge >= 0.3 is 5.97 Å². The number of morpholine rings is 1. The fourth-order valence-corrected chi connectivity index (χ4v) is 2.96. The molecule has 1 fully saturated rings. The molecular weight excluding hydrogens is 324 g/mol. The molecule has 0 unspecified atom stereocenters. The molecule has 0 aliphatic carbocycles. The summed E-state index contributed by atoms with van der Waals surface area (Å²) in [5.74, 6) is -0.538. The summed E-state index contributed by atoms with van der Waals surface area (Å²) in [7, 11) is 0. The maximum absolute atomic E-state index is 12.1. The van der Waals surface area contributed by atoms with Crippen LogP contribution in [-0.4, -0.2) is 77.7 Å². The first-order chi connectivity index (χ1) is 12.1. The minimum absolute atomic E-state index is 0.0814. The van der Waals surface area contributed by atoms with Gasteiger partial charge in [-0.2, -0.15) is 0 Å². The number of carboxylic acids is 1. The predicted molar refractivity (Wildman–Crippen MR) is 92.1 cm³/mol. The molecule has 0 bridgehead atoms. The van der Waals surface area contributed by atoms with Crippen LogP contribution in [0, 0.1) is 0 Å². The Balaban J connectivity index is 1.68. The van der Waals surface area contributed by atoms with Gasteiger partial charge in [-0.1, -0.05) is 0 Å². The number of fused-ring (bicyclic) bond motifs is 1. The number of pyridine rings is 1. The number of carbonyl (C=O) groups is 2. The van der Waals surface area contributed by atoms with E-state index in [1.807, 2.05) is 6.07 Å². The van der Waals surface area contributed by atoms with E-state index in [1.165, 1.54) is 6.08 Å². The lowest BCUT2D eigenvalue weighted by Gasteiger charge is -2.29. The van der Waals surface area contributed by atoms with Gasteiger partial charge in [-0.15, -0.1) is 0 Å². The number of anilines is 1. The largest absolute Gasteiger partial charge is 0.478 e. The smallest absolute Gasteiger partial charge is 0.328 e. The molecule has 2 N–H and O–H groups in total. The van der Waals surface area contributed by atoms with E-state index in [0.29, 0.717) is 24.5 Å². The Labute approximate surface area is 146 Å². The second-order valence-electron chi connectivity index (χ2n) is 6.16. The third-order valence-electron chi connectivity index (χ3n) is 4.26. The van der Waals surface area contributed by atoms with E-state index in [0.717, 1.165) is 51.0 Å². The maximum Gasteiger partial charge on any atom is 0.328 e. The Morgan fingerprint density at radius 3 is 2.80 bits per heavy atom. The highest BCUT2D eigenvalue weighted by Crippen LogP contribution is 2.20. The molecule has 8 nitrogen and oxygen atoms in total. The van der Waals surface area contributed by atoms with Gasteiger partial charge < -0.3 is 15.2 Å². The van der Waals surface area contributed by atoms with E-state index in [4.69, 9.17) is 9.84 Å². The molecular formula is C17H22N4O4. The van der Waals surface area contributed by atoms with Crippen LogP contribution in [0.25, 0.3) is 6.08 Å². The Bertz CT molecular complexity index is 671. The van der Waals surface area contributed by atoms with Crippen LogP contribution in [0.15, 0.2) is 18.3 Å². The number of nitrogens with one attached hydrogen (secondary N) is 1. The number of hydrogen-bond donors (Lipinski definition) is 2. The Hall–Kier alpha value is -2.29. The van der Waals surface area contributed by atoms with Crippen molar-refractivity contribution in [3.63, 3.8) is 0 Å². The second-order valence-corrected chi connectivity index (χ2v) is 6.16. The van der Waals surface area contributed by atoms with E-state index in [-0.39, 0.29) is 5.91 Å². The average Bonchev–Trinajstić information content (AvgIpc) is 2.76. The highest BCUT2D eigenvalue weighted by molar-refractivity contribution is 5.93. The van der Waals surface area contributed by atoms with Crippen molar-refractivity contribution in [3.05, 3.63) is 29.5 Å². The quantitative estimate of drug-likeness (QED) is 0.739. The summed E-state index contributed by atoms with van der Waals surface area (Å²) < 4.78 is 5.35. The Morgan fingerprint density at radius 1 is 1.28 bits per heavy atom. The first-order valence-electron chi connectivity index (χ1n) is 8.32. The summed E-state index contributed by atoms with van der Waals surface area (Å²) in [5.41, 5.74) is 1.59. The normalized spacial score (nSPS) is 19.4. The molecule has 25 heavy (non-hydrogen) atoms. The minimum Gasteiger partial charge on any atom is -0.478 e. The van der Waals surface area contributed by atoms with Gasteiger partial charge in [0, 0.05) is 50.6 Å². The molecule has 134 valence electrons. The van der Waals surface area contributed by atoms with Crippen molar-refractivity contribution in [1.82, 2.24) is 14.8 Å². The molecule has 0 spiro atoms. The van der Waals surface area contributed by atoms with Crippen LogP contribution in [0.5, 0.6) is 0 Å². The van der Waals surface area contributed by atoms with Crippen molar-refractivity contribution in [3.8, 4) is 0 Å². The lowest BCUT2D eigenvalue weighted by molar-refractivity contribution is -0.131. The fourth-order valence-electron chi connectivity index (χ4n) is 2.96. The molecule has 1 amide bonds. The molecule has 3 rings (SSSR count). The first-order valence-corrected chi connectivity index (χ1v) is 8.32. The number of aliphatic carboxylic acids is 1. The maximum atomic E-state index is 12.1. The lowest BCUT2D eigenvalue weighted by Crippen LogP contribution is -2.42. The molecule has 0 atom stereocenters. The monoisotopic (exact) mass is 346 g/mol. The van der Waals surface area contributed by atoms with Crippen LogP contribution >= 0.6 is 0 Å². The van der Waals surface area contributed by atoms with Gasteiger partial charge in [-0.05, 0) is 17.7 Å². The summed E-state index contributed by atoms with van der Waals surface area (Å²) >= 11 is 0. The van der Waals surface area contributed by atoms with Crippen LogP contribution in [-0.2, 0) is 20.9 Å². The zero-order valence-electron chi connectivity index (χ0n) is 14.0. The lowest BCUT2D eigenvalue weighted by atomic mass is 10.1. The van der Waals surface area contributed by atoms with E-state index in [2.05, 4.69) is 20.1 Å². The standard InChI is InChI=1S/C17H22N4O4/c22-15-12-21(4-3-20-5-7-25-8-6-20)11-14-9-13(1-2-16(23)24)10-18-17(14)19-15/h1-2,9-10H,3-8,11-12H2,(H,23,24)(H,18,19,22). The highest BCUT2D eigenvalue weighted by Gasteiger charge is 2.21. The zero-order chi connectivity index (χ0) is 17.6. The Morgan fingerprint density at radius 2 is 2.04 bits per heavy atom. The third-order valence-corrected chi connectivity index (χ3v) is 4.26. The molecule has 8 heteroatoms. The van der Waals surface area contributed by atoms with Crippen molar-refractivity contribution in [2.75, 3.05) is 51.3 Å². The average molecular weight is 346 g/mol. The van der Waals surface area contributed by atoms with Crippen LogP contribution in [0.1, 0.15) is 11.1 Å². The van der Waals surface area contributed by atoms with Crippen molar-refractivity contribution in [2.45, 2.75) is 6.54 Å². The van der Waals surface area contributed by atoms with Gasteiger partial charge in [0.15, 0.2) is 0 Å². The number of carboxylic acid groups (broad SMARTS) is 1. The van der Waals surface area contributed by atoms with Gasteiger partial charge in [-0.25, -0.2) is 9.78 Å². The number of carbonyl (C=O) groups excluding carboxylic acids is 1. The van der Waals surface area contributed by atoms with Crippen molar-refractivity contribution in [2.24, 2.45) is 0 Å². The summed E-state index contributed by atoms with van der Waals surface area (Å²) in [4.78, 5) is 31.4. The zero-order valence-corrected chi connectivity index (χ0v) is 14.0. The van der Waals surface area contributed by atoms with Crippen LogP contribution in [0.2, 0.25) is 0 Å². The van der Waals surface area contributed by atoms with Gasteiger partial charge in [0.05, 0.1) is 19.8 Å². The van der Waals surface area contributed by atoms with Gasteiger partial charge in [-0.3, -0.25) is 14.6 Å². The second kappa shape index (κ2) is 8.19. The molecule has 0 radical (unpaired) electrons. The van der Waals surface area contributed by atoms with Crippen LogP contribution < -0.4 is 5.32 Å². The van der Waals surface area contributed by atoms with E-state index in [1.54, 1.807) is 6.20 Å². The Kier molecular flexibility index (Phi) is 5.75. The minimum atomic E-state index is -1.00. The molecule has 0 saturated carbocycles. The highest BCUT2D eigenvalue weighted by atomic mass is 16.5. The fraction of sp³-hybridized carbons (Fsp3) is 0.471. The number of hydrogen-bond acceptors (Lipinski definition) is 6. The van der Waals surface area contributed by atoms with E-state index >= 15 is 0 Å². The number of nitrogens with zero attached hydrogens (tertiary/aromatic N) is 3. The predicted octanol–water partition coefficient (Wildman–Crippen LogP) is 0.266. The molecule has 2 aliphatic rings. The summed E-state index contributed by atoms with van der Waals surface area (Å²) in [6.07, 6.45) is 4.14. The van der Waals surface area contributed by atoms with Crippen molar-refractivity contribution < 1.29 is 19.4 Å². The number of aromatic nitrogens is 1. The van der Waals surface area contributed by atoms with Gasteiger partial charge in [0.1, 0.15) is 5.82 Å². The SMILES string of the molecule is O=C(O)C=Cc1cnc2c(c1)CN(CCN1CCOCC1)CC(=O)N2. The topological polar surface area (TPSA) is 95.0 Å². The van der Waals surface area contributed by atoms with Gasteiger partial charge in [0.2, 0.25) is 5.91 Å². The van der Waals surface area contributed by atoms with E-state index in [9.17, 15) is 9.59 Å². The summed E-state index contributed by atoms with van der Waals surface area (Å²) in [5, 5.41) is 11.6. The van der Waals surface area contributed by atoms with Crippen molar-refractivity contribution >= 4 is 23.8 Å². The molecule has 1 saturated heterocycles. The summed E-state index contributed by atoms with van der Waals surface area (Å²) in [6.45, 7) is 5.94. The third kappa shape index (κ3) is 5.09. The molecule has 1 aromatic heterocycles. The summed E-state index contributed by atoms with van der Waals surface area (Å²) in [6, 6.07) is 1.87. The molecule has 1 aromatic rings. The van der Waals surface area contributed by atoms with Crippen LogP contribution in [0.4, 0.5) is 5.82 Å².